The van der Waals surface area contributed by atoms with Crippen LogP contribution < -0.4 is 5.73 Å². The molecule has 18 heavy (non-hydrogen) atoms. The van der Waals surface area contributed by atoms with E-state index in [1.54, 1.807) is 18.2 Å². The van der Waals surface area contributed by atoms with Crippen molar-refractivity contribution in [2.24, 2.45) is 10.7 Å². The first kappa shape index (κ1) is 11.9. The second kappa shape index (κ2) is 5.18. The third-order valence-corrected chi connectivity index (χ3v) is 2.30. The van der Waals surface area contributed by atoms with Gasteiger partial charge in [-0.3, -0.25) is 5.41 Å². The third-order valence-electron chi connectivity index (χ3n) is 2.30. The van der Waals surface area contributed by atoms with Gasteiger partial charge in [-0.25, -0.2) is 9.98 Å². The molecule has 0 saturated heterocycles. The van der Waals surface area contributed by atoms with Gasteiger partial charge in [-0.15, -0.1) is 0 Å². The highest BCUT2D eigenvalue weighted by atomic mass is 19.1. The van der Waals surface area contributed by atoms with Gasteiger partial charge in [-0.05, 0) is 24.3 Å². The summed E-state index contributed by atoms with van der Waals surface area (Å²) in [6.07, 6.45) is 3.06. The highest BCUT2D eigenvalue weighted by Gasteiger charge is 1.99. The maximum atomic E-state index is 12.5. The normalized spacial score (nSPS) is 13.2. The van der Waals surface area contributed by atoms with Crippen molar-refractivity contribution >= 4 is 22.5 Å². The van der Waals surface area contributed by atoms with Crippen molar-refractivity contribution in [3.05, 3.63) is 54.6 Å². The van der Waals surface area contributed by atoms with E-state index in [2.05, 4.69) is 9.98 Å². The number of aromatic nitrogens is 1. The van der Waals surface area contributed by atoms with E-state index in [9.17, 15) is 4.39 Å². The molecule has 0 amide bonds. The Balaban J connectivity index is 0.000000149. The van der Waals surface area contributed by atoms with Crippen LogP contribution in [0.2, 0.25) is 0 Å². The topological polar surface area (TPSA) is 75.1 Å². The summed E-state index contributed by atoms with van der Waals surface area (Å²) < 4.78 is 12.5. The Hall–Kier alpha value is -2.56. The molecule has 2 heterocycles. The fourth-order valence-electron chi connectivity index (χ4n) is 1.39. The number of hydrogen-bond acceptors (Lipinski definition) is 4. The minimum atomic E-state index is -0.427. The van der Waals surface area contributed by atoms with Crippen LogP contribution in [0, 0.1) is 11.4 Å². The maximum Gasteiger partial charge on any atom is 0.213 e. The smallest absolute Gasteiger partial charge is 0.213 e. The van der Waals surface area contributed by atoms with Crippen molar-refractivity contribution < 1.29 is 4.39 Å². The van der Waals surface area contributed by atoms with E-state index in [-0.39, 0.29) is 0 Å². The van der Waals surface area contributed by atoms with E-state index in [0.717, 1.165) is 5.39 Å². The van der Waals surface area contributed by atoms with Crippen molar-refractivity contribution in [2.45, 2.75) is 0 Å². The number of para-hydroxylation sites is 1. The van der Waals surface area contributed by atoms with Crippen LogP contribution in [-0.4, -0.2) is 16.5 Å². The van der Waals surface area contributed by atoms with Crippen LogP contribution >= 0.6 is 0 Å². The highest BCUT2D eigenvalue weighted by Crippen LogP contribution is 2.10. The monoisotopic (exact) mass is 242 g/mol. The van der Waals surface area contributed by atoms with E-state index in [1.807, 2.05) is 18.2 Å². The fraction of sp³-hybridized carbons (Fsp3) is 0. The molecular weight excluding hydrogens is 231 g/mol. The number of hydrogen-bond donors (Lipinski definition) is 2. The minimum absolute atomic E-state index is 0.306. The summed E-state index contributed by atoms with van der Waals surface area (Å²) in [6.45, 7) is 0. The van der Waals surface area contributed by atoms with Crippen LogP contribution in [0.4, 0.5) is 4.39 Å². The van der Waals surface area contributed by atoms with Gasteiger partial charge in [0.1, 0.15) is 5.84 Å². The average Bonchev–Trinajstić information content (AvgIpc) is 2.74. The summed E-state index contributed by atoms with van der Waals surface area (Å²) in [5.74, 6) is -0.122. The van der Waals surface area contributed by atoms with Crippen LogP contribution in [0.25, 0.3) is 10.9 Å². The molecule has 4 nitrogen and oxygen atoms in total. The predicted molar refractivity (Wildman–Crippen MR) is 70.2 cm³/mol. The minimum Gasteiger partial charge on any atom is -0.382 e. The summed E-state index contributed by atoms with van der Waals surface area (Å²) in [6, 6.07) is 10.5. The van der Waals surface area contributed by atoms with Crippen molar-refractivity contribution in [1.82, 2.24) is 4.98 Å². The number of rotatable bonds is 0. The molecule has 1 aliphatic rings. The van der Waals surface area contributed by atoms with Gasteiger partial charge in [0.2, 0.25) is 5.95 Å². The summed E-state index contributed by atoms with van der Waals surface area (Å²) in [4.78, 5) is 7.32. The van der Waals surface area contributed by atoms with Gasteiger partial charge in [0, 0.05) is 11.6 Å². The van der Waals surface area contributed by atoms with Gasteiger partial charge in [-0.1, -0.05) is 18.2 Å². The van der Waals surface area contributed by atoms with Crippen LogP contribution in [-0.2, 0) is 0 Å². The number of fused-ring (bicyclic) bond motifs is 1. The van der Waals surface area contributed by atoms with Gasteiger partial charge in [0.15, 0.2) is 0 Å². The molecule has 0 aliphatic carbocycles. The van der Waals surface area contributed by atoms with Crippen molar-refractivity contribution in [1.29, 1.82) is 5.41 Å². The molecule has 3 N–H and O–H groups in total. The molecular formula is C13H11FN4. The van der Waals surface area contributed by atoms with Gasteiger partial charge < -0.3 is 5.73 Å². The lowest BCUT2D eigenvalue weighted by atomic mass is 10.2. The van der Waals surface area contributed by atoms with Gasteiger partial charge in [0.25, 0.3) is 0 Å². The molecule has 90 valence electrons. The molecule has 1 aliphatic heterocycles. The zero-order valence-electron chi connectivity index (χ0n) is 9.47. The number of nitrogens with two attached hydrogens (primary N) is 1. The molecule has 2 aromatic rings. The molecule has 0 spiro atoms. The Kier molecular flexibility index (Phi) is 3.43. The second-order valence-electron chi connectivity index (χ2n) is 3.57. The lowest BCUT2D eigenvalue weighted by molar-refractivity contribution is 0.589. The molecule has 1 aromatic carbocycles. The number of benzene rings is 1. The van der Waals surface area contributed by atoms with Crippen molar-refractivity contribution in [2.75, 3.05) is 0 Å². The molecule has 1 aromatic heterocycles. The molecule has 0 unspecified atom stereocenters. The maximum absolute atomic E-state index is 12.5. The largest absolute Gasteiger partial charge is 0.382 e. The zero-order valence-corrected chi connectivity index (χ0v) is 9.47. The average molecular weight is 242 g/mol. The lowest BCUT2D eigenvalue weighted by Crippen LogP contribution is -2.17. The van der Waals surface area contributed by atoms with Crippen LogP contribution in [0.15, 0.2) is 53.7 Å². The summed E-state index contributed by atoms with van der Waals surface area (Å²) in [5.41, 5.74) is 6.15. The van der Waals surface area contributed by atoms with E-state index in [1.165, 1.54) is 12.3 Å². The molecule has 3 rings (SSSR count). The highest BCUT2D eigenvalue weighted by molar-refractivity contribution is 6.45. The van der Waals surface area contributed by atoms with Crippen LogP contribution in [0.5, 0.6) is 0 Å². The van der Waals surface area contributed by atoms with Crippen molar-refractivity contribution in [3.8, 4) is 0 Å². The van der Waals surface area contributed by atoms with Gasteiger partial charge in [0.05, 0.1) is 11.2 Å². The molecule has 5 heteroatoms. The number of nitrogens with zero attached hydrogens (tertiary/aromatic N) is 2. The zero-order chi connectivity index (χ0) is 13.0. The summed E-state index contributed by atoms with van der Waals surface area (Å²) in [5, 5.41) is 7.88. The fourth-order valence-corrected chi connectivity index (χ4v) is 1.39. The van der Waals surface area contributed by atoms with Gasteiger partial charge >= 0.3 is 0 Å². The van der Waals surface area contributed by atoms with Crippen LogP contribution in [0.1, 0.15) is 0 Å². The lowest BCUT2D eigenvalue weighted by Gasteiger charge is -1.93. The predicted octanol–water partition coefficient (Wildman–Crippen LogP) is 2.26. The van der Waals surface area contributed by atoms with E-state index >= 15 is 0 Å². The Morgan fingerprint density at radius 3 is 2.50 bits per heavy atom. The Bertz CT molecular complexity index is 646. The molecule has 0 bridgehead atoms. The Labute approximate surface area is 103 Å². The molecule has 0 atom stereocenters. The molecule has 0 radical (unpaired) electrons. The van der Waals surface area contributed by atoms with E-state index < -0.39 is 5.95 Å². The van der Waals surface area contributed by atoms with Crippen LogP contribution in [0.3, 0.4) is 0 Å². The van der Waals surface area contributed by atoms with E-state index in [0.29, 0.717) is 17.1 Å². The van der Waals surface area contributed by atoms with Gasteiger partial charge in [-0.2, -0.15) is 4.39 Å². The summed E-state index contributed by atoms with van der Waals surface area (Å²) >= 11 is 0. The number of nitrogens with one attached hydrogen (secondary N) is 1. The second-order valence-corrected chi connectivity index (χ2v) is 3.57. The quantitative estimate of drug-likeness (QED) is 0.695. The number of amidine groups is 1. The van der Waals surface area contributed by atoms with Crippen molar-refractivity contribution in [3.63, 3.8) is 0 Å². The Morgan fingerprint density at radius 2 is 1.89 bits per heavy atom. The first-order valence-corrected chi connectivity index (χ1v) is 5.27. The first-order valence-electron chi connectivity index (χ1n) is 5.27. The Morgan fingerprint density at radius 1 is 1.11 bits per heavy atom. The third kappa shape index (κ3) is 2.76. The first-order chi connectivity index (χ1) is 8.66. The summed E-state index contributed by atoms with van der Waals surface area (Å²) in [7, 11) is 0. The number of halogens is 1. The SMILES string of the molecule is Fc1ccc2ccccc2n1.N=C1C=CN=C1N. The van der Waals surface area contributed by atoms with E-state index in [4.69, 9.17) is 11.1 Å². The number of aliphatic imine (C=N–C) groups is 1. The number of pyridine rings is 1. The standard InChI is InChI=1S/C9H6FN.C4H5N3/c10-9-6-5-7-3-1-2-4-8(7)11-9;5-3-1-2-7-4(3)6/h1-6H;1-2H,(H3,5,6,7). The molecule has 0 fully saturated rings. The molecule has 0 saturated carbocycles.